The first-order valence-corrected chi connectivity index (χ1v) is 5.28. The van der Waals surface area contributed by atoms with Gasteiger partial charge in [0.1, 0.15) is 5.65 Å². The van der Waals surface area contributed by atoms with Crippen LogP contribution >= 0.6 is 0 Å². The predicted octanol–water partition coefficient (Wildman–Crippen LogP) is 1.88. The second-order valence-corrected chi connectivity index (χ2v) is 3.75. The highest BCUT2D eigenvalue weighted by atomic mass is 16.4. The van der Waals surface area contributed by atoms with Gasteiger partial charge in [0.15, 0.2) is 5.69 Å². The van der Waals surface area contributed by atoms with E-state index in [2.05, 4.69) is 11.1 Å². The van der Waals surface area contributed by atoms with E-state index < -0.39 is 5.97 Å². The van der Waals surface area contributed by atoms with Gasteiger partial charge in [-0.2, -0.15) is 5.26 Å². The number of pyridine rings is 1. The molecule has 0 saturated carbocycles. The Bertz CT molecular complexity index is 595. The van der Waals surface area contributed by atoms with E-state index in [4.69, 9.17) is 10.4 Å². The van der Waals surface area contributed by atoms with Crippen molar-refractivity contribution in [1.82, 2.24) is 9.38 Å². The second-order valence-electron chi connectivity index (χ2n) is 3.75. The highest BCUT2D eigenvalue weighted by Crippen LogP contribution is 2.10. The van der Waals surface area contributed by atoms with E-state index in [1.165, 1.54) is 6.20 Å². The Labute approximate surface area is 97.9 Å². The van der Waals surface area contributed by atoms with Gasteiger partial charge in [0.25, 0.3) is 0 Å². The van der Waals surface area contributed by atoms with Crippen molar-refractivity contribution in [3.63, 3.8) is 0 Å². The maximum atomic E-state index is 10.8. The van der Waals surface area contributed by atoms with Crippen molar-refractivity contribution < 1.29 is 9.90 Å². The van der Waals surface area contributed by atoms with E-state index in [1.807, 2.05) is 12.3 Å². The Balaban J connectivity index is 2.24. The fraction of sp³-hybridized carbons (Fsp3) is 0.250. The van der Waals surface area contributed by atoms with Gasteiger partial charge in [-0.15, -0.1) is 0 Å². The summed E-state index contributed by atoms with van der Waals surface area (Å²) in [6, 6.07) is 5.79. The van der Waals surface area contributed by atoms with Crippen LogP contribution in [0.3, 0.4) is 0 Å². The molecular weight excluding hydrogens is 218 g/mol. The van der Waals surface area contributed by atoms with Gasteiger partial charge in [0.2, 0.25) is 0 Å². The van der Waals surface area contributed by atoms with Crippen molar-refractivity contribution >= 4 is 11.6 Å². The quantitative estimate of drug-likeness (QED) is 0.812. The Kier molecular flexibility index (Phi) is 3.06. The topological polar surface area (TPSA) is 78.4 Å². The lowest BCUT2D eigenvalue weighted by Crippen LogP contribution is -1.94. The van der Waals surface area contributed by atoms with Crippen LogP contribution in [0.5, 0.6) is 0 Å². The van der Waals surface area contributed by atoms with E-state index >= 15 is 0 Å². The fourth-order valence-corrected chi connectivity index (χ4v) is 1.66. The van der Waals surface area contributed by atoms with Gasteiger partial charge in [-0.1, -0.05) is 6.07 Å². The van der Waals surface area contributed by atoms with Gasteiger partial charge in [0.05, 0.1) is 6.07 Å². The lowest BCUT2D eigenvalue weighted by molar-refractivity contribution is 0.0691. The summed E-state index contributed by atoms with van der Waals surface area (Å²) in [7, 11) is 0. The van der Waals surface area contributed by atoms with Crippen molar-refractivity contribution in [2.45, 2.75) is 19.3 Å². The molecule has 0 atom stereocenters. The zero-order valence-corrected chi connectivity index (χ0v) is 9.13. The smallest absolute Gasteiger partial charge is 0.356 e. The van der Waals surface area contributed by atoms with Gasteiger partial charge < -0.3 is 9.51 Å². The molecule has 2 aromatic heterocycles. The van der Waals surface area contributed by atoms with E-state index in [9.17, 15) is 4.79 Å². The standard InChI is InChI=1S/C12H11N3O2/c13-6-2-1-3-9-4-5-11-14-10(12(16)17)8-15(11)7-9/h4-5,7-8H,1-3H2,(H,16,17). The molecule has 17 heavy (non-hydrogen) atoms. The lowest BCUT2D eigenvalue weighted by Gasteiger charge is -1.99. The Hall–Kier alpha value is -2.35. The van der Waals surface area contributed by atoms with Gasteiger partial charge in [-0.05, 0) is 24.5 Å². The molecule has 0 aliphatic carbocycles. The molecule has 0 fully saturated rings. The number of carboxylic acids is 1. The largest absolute Gasteiger partial charge is 0.476 e. The van der Waals surface area contributed by atoms with Crippen LogP contribution in [0, 0.1) is 11.3 Å². The molecule has 0 aliphatic rings. The first kappa shape index (κ1) is 11.1. The molecule has 5 heteroatoms. The fourth-order valence-electron chi connectivity index (χ4n) is 1.66. The molecule has 5 nitrogen and oxygen atoms in total. The summed E-state index contributed by atoms with van der Waals surface area (Å²) < 4.78 is 1.70. The average Bonchev–Trinajstić information content (AvgIpc) is 2.72. The van der Waals surface area contributed by atoms with Gasteiger partial charge in [-0.25, -0.2) is 9.78 Å². The Morgan fingerprint density at radius 1 is 1.47 bits per heavy atom. The molecule has 0 spiro atoms. The number of carbonyl (C=O) groups is 1. The van der Waals surface area contributed by atoms with Crippen LogP contribution in [0.4, 0.5) is 0 Å². The van der Waals surface area contributed by atoms with Crippen molar-refractivity contribution in [2.24, 2.45) is 0 Å². The van der Waals surface area contributed by atoms with Gasteiger partial charge in [-0.3, -0.25) is 0 Å². The van der Waals surface area contributed by atoms with Crippen molar-refractivity contribution in [3.8, 4) is 6.07 Å². The highest BCUT2D eigenvalue weighted by Gasteiger charge is 2.08. The normalized spacial score (nSPS) is 10.3. The summed E-state index contributed by atoms with van der Waals surface area (Å²) in [5.41, 5.74) is 1.73. The minimum atomic E-state index is -1.03. The third kappa shape index (κ3) is 2.42. The number of rotatable bonds is 4. The van der Waals surface area contributed by atoms with Crippen LogP contribution in [0.2, 0.25) is 0 Å². The summed E-state index contributed by atoms with van der Waals surface area (Å²) in [5, 5.41) is 17.3. The maximum absolute atomic E-state index is 10.8. The van der Waals surface area contributed by atoms with Crippen molar-refractivity contribution in [1.29, 1.82) is 5.26 Å². The molecule has 0 saturated heterocycles. The monoisotopic (exact) mass is 229 g/mol. The molecule has 0 bridgehead atoms. The number of unbranched alkanes of at least 4 members (excludes halogenated alkanes) is 1. The molecule has 1 N–H and O–H groups in total. The summed E-state index contributed by atoms with van der Waals surface area (Å²) in [4.78, 5) is 14.7. The number of nitriles is 1. The summed E-state index contributed by atoms with van der Waals surface area (Å²) in [6.07, 6.45) is 5.49. The van der Waals surface area contributed by atoms with E-state index in [-0.39, 0.29) is 5.69 Å². The number of fused-ring (bicyclic) bond motifs is 1. The molecule has 2 heterocycles. The first-order valence-electron chi connectivity index (χ1n) is 5.28. The zero-order valence-electron chi connectivity index (χ0n) is 9.13. The van der Waals surface area contributed by atoms with Crippen LogP contribution in [0.25, 0.3) is 5.65 Å². The van der Waals surface area contributed by atoms with Gasteiger partial charge >= 0.3 is 5.97 Å². The van der Waals surface area contributed by atoms with E-state index in [1.54, 1.807) is 10.5 Å². The molecule has 86 valence electrons. The van der Waals surface area contributed by atoms with Gasteiger partial charge in [0, 0.05) is 18.8 Å². The minimum absolute atomic E-state index is 0.0409. The number of carboxylic acid groups (broad SMARTS) is 1. The van der Waals surface area contributed by atoms with Crippen LogP contribution in [0.15, 0.2) is 24.5 Å². The summed E-state index contributed by atoms with van der Waals surface area (Å²) >= 11 is 0. The molecule has 0 radical (unpaired) electrons. The number of hydrogen-bond acceptors (Lipinski definition) is 3. The lowest BCUT2D eigenvalue weighted by atomic mass is 10.1. The number of hydrogen-bond donors (Lipinski definition) is 1. The Morgan fingerprint density at radius 2 is 2.29 bits per heavy atom. The number of nitrogens with zero attached hydrogens (tertiary/aromatic N) is 3. The molecule has 0 amide bonds. The number of imidazole rings is 1. The molecule has 2 aromatic rings. The number of aromatic carboxylic acids is 1. The molecular formula is C12H11N3O2. The van der Waals surface area contributed by atoms with Crippen molar-refractivity contribution in [2.75, 3.05) is 0 Å². The third-order valence-electron chi connectivity index (χ3n) is 2.49. The maximum Gasteiger partial charge on any atom is 0.356 e. The molecule has 0 unspecified atom stereocenters. The Morgan fingerprint density at radius 3 is 3.00 bits per heavy atom. The molecule has 0 aliphatic heterocycles. The molecule has 0 aromatic carbocycles. The SMILES string of the molecule is N#CCCCc1ccc2nc(C(=O)O)cn2c1. The van der Waals surface area contributed by atoms with E-state index in [0.717, 1.165) is 18.4 Å². The van der Waals surface area contributed by atoms with E-state index in [0.29, 0.717) is 12.1 Å². The third-order valence-corrected chi connectivity index (χ3v) is 2.49. The summed E-state index contributed by atoms with van der Waals surface area (Å²) in [6.45, 7) is 0. The molecule has 2 rings (SSSR count). The summed E-state index contributed by atoms with van der Waals surface area (Å²) in [5.74, 6) is -1.03. The average molecular weight is 229 g/mol. The second kappa shape index (κ2) is 4.66. The minimum Gasteiger partial charge on any atom is -0.476 e. The predicted molar refractivity (Wildman–Crippen MR) is 60.7 cm³/mol. The van der Waals surface area contributed by atoms with Crippen LogP contribution < -0.4 is 0 Å². The zero-order chi connectivity index (χ0) is 12.3. The number of aryl methyl sites for hydroxylation is 1. The van der Waals surface area contributed by atoms with Crippen LogP contribution in [-0.2, 0) is 6.42 Å². The van der Waals surface area contributed by atoms with Crippen molar-refractivity contribution in [3.05, 3.63) is 35.8 Å². The first-order chi connectivity index (χ1) is 8.20. The highest BCUT2D eigenvalue weighted by molar-refractivity contribution is 5.86. The van der Waals surface area contributed by atoms with Crippen LogP contribution in [0.1, 0.15) is 28.9 Å². The van der Waals surface area contributed by atoms with Crippen LogP contribution in [-0.4, -0.2) is 20.5 Å². The number of aromatic nitrogens is 2.